The van der Waals surface area contributed by atoms with Crippen molar-refractivity contribution in [2.45, 2.75) is 13.0 Å². The summed E-state index contributed by atoms with van der Waals surface area (Å²) < 4.78 is 13.3. The van der Waals surface area contributed by atoms with Gasteiger partial charge in [-0.15, -0.1) is 0 Å². The molecule has 1 N–H and O–H groups in total. The quantitative estimate of drug-likeness (QED) is 0.242. The summed E-state index contributed by atoms with van der Waals surface area (Å²) in [4.78, 5) is 43.9. The number of furan rings is 1. The smallest absolute Gasteiger partial charge is 0.338 e. The van der Waals surface area contributed by atoms with E-state index in [1.807, 2.05) is 30.3 Å². The molecule has 0 bridgehead atoms. The fourth-order valence-electron chi connectivity index (χ4n) is 4.89. The summed E-state index contributed by atoms with van der Waals surface area (Å²) in [7, 11) is 0. The van der Waals surface area contributed by atoms with Crippen molar-refractivity contribution < 1.29 is 23.8 Å². The third kappa shape index (κ3) is 5.48. The van der Waals surface area contributed by atoms with E-state index in [-0.39, 0.29) is 23.3 Å². The first-order valence-electron chi connectivity index (χ1n) is 13.3. The molecule has 2 aromatic heterocycles. The zero-order valence-corrected chi connectivity index (χ0v) is 24.3. The van der Waals surface area contributed by atoms with Gasteiger partial charge in [0.1, 0.15) is 11.5 Å². The molecule has 0 unspecified atom stereocenters. The lowest BCUT2D eigenvalue weighted by Gasteiger charge is -2.25. The number of fused-ring (bicyclic) bond motifs is 1. The van der Waals surface area contributed by atoms with Gasteiger partial charge in [0.15, 0.2) is 4.80 Å². The number of hydrogen-bond donors (Lipinski definition) is 1. The zero-order chi connectivity index (χ0) is 30.1. The molecule has 0 radical (unpaired) electrons. The molecule has 5 aromatic rings. The van der Waals surface area contributed by atoms with Crippen LogP contribution in [0.25, 0.3) is 23.1 Å². The van der Waals surface area contributed by atoms with Gasteiger partial charge in [-0.25, -0.2) is 14.6 Å². The largest absolute Gasteiger partial charge is 0.478 e. The number of nitrogens with zero attached hydrogens (tertiary/aromatic N) is 2. The number of ether oxygens (including phenoxy) is 1. The number of aromatic carboxylic acids is 1. The van der Waals surface area contributed by atoms with Gasteiger partial charge in [0.2, 0.25) is 0 Å². The Morgan fingerprint density at radius 3 is 2.40 bits per heavy atom. The fraction of sp³-hybridized carbons (Fsp3) is 0.0909. The minimum Gasteiger partial charge on any atom is -0.478 e. The van der Waals surface area contributed by atoms with Gasteiger partial charge in [0.05, 0.1) is 34.0 Å². The topological polar surface area (TPSA) is 111 Å². The number of thiazole rings is 1. The third-order valence-electron chi connectivity index (χ3n) is 6.88. The molecule has 1 aliphatic rings. The Kier molecular flexibility index (Phi) is 7.67. The van der Waals surface area contributed by atoms with E-state index >= 15 is 0 Å². The predicted molar refractivity (Wildman–Crippen MR) is 164 cm³/mol. The molecule has 0 saturated heterocycles. The van der Waals surface area contributed by atoms with Crippen molar-refractivity contribution in [3.8, 4) is 11.3 Å². The average Bonchev–Trinajstić information content (AvgIpc) is 3.61. The highest BCUT2D eigenvalue weighted by Crippen LogP contribution is 2.35. The molecule has 0 fully saturated rings. The van der Waals surface area contributed by atoms with Gasteiger partial charge in [0.25, 0.3) is 5.56 Å². The molecular formula is C33H23ClN2O6S. The second kappa shape index (κ2) is 11.7. The minimum absolute atomic E-state index is 0.155. The summed E-state index contributed by atoms with van der Waals surface area (Å²) in [5, 5.41) is 9.69. The highest BCUT2D eigenvalue weighted by Gasteiger charge is 2.35. The zero-order valence-electron chi connectivity index (χ0n) is 22.7. The van der Waals surface area contributed by atoms with Crippen LogP contribution in [0.1, 0.15) is 40.2 Å². The number of carbonyl (C=O) groups excluding carboxylic acids is 1. The molecule has 43 heavy (non-hydrogen) atoms. The number of benzene rings is 3. The lowest BCUT2D eigenvalue weighted by molar-refractivity contribution is -0.138. The number of esters is 1. The molecule has 0 saturated carbocycles. The van der Waals surface area contributed by atoms with Crippen LogP contribution < -0.4 is 14.9 Å². The van der Waals surface area contributed by atoms with E-state index in [0.29, 0.717) is 48.3 Å². The normalized spacial score (nSPS) is 14.7. The van der Waals surface area contributed by atoms with Crippen molar-refractivity contribution in [1.82, 2.24) is 4.57 Å². The molecule has 0 spiro atoms. The standard InChI is InChI=1S/C33H23ClN2O6S/c1-2-41-32(40)27-28(20-6-4-3-5-7-20)35-33-36(29(27)21-12-14-23(34)15-13-21)30(37)26(43-33)18-24-16-17-25(42-24)19-8-10-22(11-9-19)31(38)39/h3-18,29H,2H2,1H3,(H,38,39)/b26-18+/t29-/m0/s1. The van der Waals surface area contributed by atoms with E-state index in [2.05, 4.69) is 0 Å². The molecule has 3 aromatic carbocycles. The highest BCUT2D eigenvalue weighted by molar-refractivity contribution is 7.07. The van der Waals surface area contributed by atoms with Crippen LogP contribution in [0.2, 0.25) is 5.02 Å². The van der Waals surface area contributed by atoms with Crippen LogP contribution in [0.4, 0.5) is 0 Å². The first-order valence-corrected chi connectivity index (χ1v) is 14.5. The van der Waals surface area contributed by atoms with E-state index in [1.54, 1.807) is 61.5 Å². The maximum absolute atomic E-state index is 14.0. The van der Waals surface area contributed by atoms with Gasteiger partial charge in [-0.1, -0.05) is 77.5 Å². The maximum atomic E-state index is 14.0. The van der Waals surface area contributed by atoms with Crippen LogP contribution in [0.3, 0.4) is 0 Å². The van der Waals surface area contributed by atoms with E-state index in [1.165, 1.54) is 28.0 Å². The summed E-state index contributed by atoms with van der Waals surface area (Å²) in [5.74, 6) is -0.631. The Balaban J connectivity index is 1.52. The van der Waals surface area contributed by atoms with E-state index in [0.717, 1.165) is 0 Å². The second-order valence-corrected chi connectivity index (χ2v) is 11.0. The minimum atomic E-state index is -1.01. The third-order valence-corrected chi connectivity index (χ3v) is 8.11. The summed E-state index contributed by atoms with van der Waals surface area (Å²) in [5.41, 5.74) is 2.59. The van der Waals surface area contributed by atoms with Crippen molar-refractivity contribution >= 4 is 46.6 Å². The lowest BCUT2D eigenvalue weighted by atomic mass is 9.93. The Bertz CT molecular complexity index is 2060. The Morgan fingerprint density at radius 2 is 1.72 bits per heavy atom. The molecular weight excluding hydrogens is 588 g/mol. The molecule has 1 atom stereocenters. The van der Waals surface area contributed by atoms with Gasteiger partial charge < -0.3 is 14.3 Å². The van der Waals surface area contributed by atoms with Gasteiger partial charge in [0, 0.05) is 22.2 Å². The van der Waals surface area contributed by atoms with Crippen LogP contribution in [0.5, 0.6) is 0 Å². The van der Waals surface area contributed by atoms with Gasteiger partial charge in [-0.3, -0.25) is 9.36 Å². The number of hydrogen-bond acceptors (Lipinski definition) is 7. The SMILES string of the molecule is CCOC(=O)C1=C(c2ccccc2)N=c2s/c(=C/c3ccc(-c4ccc(C(=O)O)cc4)o3)c(=O)n2[C@H]1c1ccc(Cl)cc1. The fourth-order valence-corrected chi connectivity index (χ4v) is 6.00. The summed E-state index contributed by atoms with van der Waals surface area (Å²) in [6, 6.07) is 25.3. The van der Waals surface area contributed by atoms with Gasteiger partial charge in [-0.05, 0) is 48.9 Å². The number of carboxylic acids is 1. The molecule has 1 aliphatic heterocycles. The lowest BCUT2D eigenvalue weighted by Crippen LogP contribution is -2.39. The number of halogens is 1. The molecule has 10 heteroatoms. The Hall–Kier alpha value is -4.99. The first-order chi connectivity index (χ1) is 20.8. The second-order valence-electron chi connectivity index (χ2n) is 9.57. The number of carboxylic acid groups (broad SMARTS) is 1. The maximum Gasteiger partial charge on any atom is 0.338 e. The summed E-state index contributed by atoms with van der Waals surface area (Å²) >= 11 is 7.37. The molecule has 0 amide bonds. The summed E-state index contributed by atoms with van der Waals surface area (Å²) in [6.45, 7) is 1.88. The van der Waals surface area contributed by atoms with Crippen LogP contribution in [0.15, 0.2) is 111 Å². The molecule has 6 rings (SSSR count). The van der Waals surface area contributed by atoms with Crippen molar-refractivity contribution in [3.05, 3.63) is 144 Å². The van der Waals surface area contributed by atoms with Crippen LogP contribution in [0, 0.1) is 0 Å². The van der Waals surface area contributed by atoms with Crippen LogP contribution >= 0.6 is 22.9 Å². The molecule has 214 valence electrons. The summed E-state index contributed by atoms with van der Waals surface area (Å²) in [6.07, 6.45) is 1.63. The number of rotatable bonds is 7. The van der Waals surface area contributed by atoms with E-state index in [4.69, 9.17) is 30.9 Å². The number of carbonyl (C=O) groups is 2. The Labute approximate surface area is 254 Å². The monoisotopic (exact) mass is 610 g/mol. The van der Waals surface area contributed by atoms with Crippen LogP contribution in [-0.2, 0) is 9.53 Å². The van der Waals surface area contributed by atoms with Crippen LogP contribution in [-0.4, -0.2) is 28.2 Å². The Morgan fingerprint density at radius 1 is 1.00 bits per heavy atom. The molecule has 3 heterocycles. The average molecular weight is 611 g/mol. The van der Waals surface area contributed by atoms with Crippen molar-refractivity contribution in [1.29, 1.82) is 0 Å². The van der Waals surface area contributed by atoms with Crippen molar-refractivity contribution in [3.63, 3.8) is 0 Å². The highest BCUT2D eigenvalue weighted by atomic mass is 35.5. The predicted octanol–water partition coefficient (Wildman–Crippen LogP) is 5.55. The first kappa shape index (κ1) is 28.1. The van der Waals surface area contributed by atoms with Crippen molar-refractivity contribution in [2.75, 3.05) is 6.61 Å². The van der Waals surface area contributed by atoms with E-state index in [9.17, 15) is 14.4 Å². The molecule has 8 nitrogen and oxygen atoms in total. The molecule has 0 aliphatic carbocycles. The van der Waals surface area contributed by atoms with Gasteiger partial charge in [-0.2, -0.15) is 0 Å². The van der Waals surface area contributed by atoms with E-state index < -0.39 is 18.0 Å². The number of aromatic nitrogens is 1. The van der Waals surface area contributed by atoms with Crippen molar-refractivity contribution in [2.24, 2.45) is 4.99 Å². The van der Waals surface area contributed by atoms with Gasteiger partial charge >= 0.3 is 11.9 Å².